The molecule has 4 fully saturated rings. The highest BCUT2D eigenvalue weighted by Crippen LogP contribution is 2.48. The number of nitrogens with zero attached hydrogens (tertiary/aromatic N) is 4. The number of alkyl carbamates (subject to hydrolysis) is 1. The van der Waals surface area contributed by atoms with Gasteiger partial charge in [0.1, 0.15) is 70.0 Å². The first-order valence-corrected chi connectivity index (χ1v) is 31.5. The van der Waals surface area contributed by atoms with Crippen molar-refractivity contribution < 1.29 is 85.8 Å². The minimum Gasteiger partial charge on any atom is -0.497 e. The predicted octanol–water partition coefficient (Wildman–Crippen LogP) is 6.54. The van der Waals surface area contributed by atoms with Crippen molar-refractivity contribution in [1.29, 1.82) is 0 Å². The summed E-state index contributed by atoms with van der Waals surface area (Å²) in [4.78, 5) is 131. The van der Waals surface area contributed by atoms with Gasteiger partial charge in [0, 0.05) is 59.7 Å². The van der Waals surface area contributed by atoms with Crippen LogP contribution in [-0.4, -0.2) is 182 Å². The molecule has 2 saturated heterocycles. The lowest BCUT2D eigenvalue weighted by molar-refractivity contribution is -0.148. The van der Waals surface area contributed by atoms with Crippen LogP contribution in [0, 0.1) is 11.8 Å². The van der Waals surface area contributed by atoms with E-state index in [4.69, 9.17) is 48.4 Å². The molecular formula is C67H85ClN8O18. The Kier molecular flexibility index (Phi) is 23.1. The van der Waals surface area contributed by atoms with Crippen molar-refractivity contribution in [3.8, 4) is 23.0 Å². The average molecular weight is 1330 g/mol. The number of methoxy groups -OCH3 is 6. The first-order chi connectivity index (χ1) is 44.5. The number of nitrogens with one attached hydrogen (secondary N) is 3. The maximum atomic E-state index is 14.4. The number of carbonyl (C=O) groups is 9. The van der Waals surface area contributed by atoms with E-state index in [9.17, 15) is 43.2 Å². The van der Waals surface area contributed by atoms with Crippen LogP contribution in [0.15, 0.2) is 72.8 Å². The van der Waals surface area contributed by atoms with E-state index in [1.54, 1.807) is 57.2 Å². The lowest BCUT2D eigenvalue weighted by Gasteiger charge is -2.30. The van der Waals surface area contributed by atoms with Gasteiger partial charge in [-0.1, -0.05) is 50.0 Å². The number of hydrogen-bond donors (Lipinski definition) is 4. The van der Waals surface area contributed by atoms with Gasteiger partial charge in [-0.15, -0.1) is 12.4 Å². The summed E-state index contributed by atoms with van der Waals surface area (Å²) < 4.78 is 48.9. The number of amides is 5. The van der Waals surface area contributed by atoms with Crippen molar-refractivity contribution in [3.05, 3.63) is 84.2 Å². The molecule has 10 atom stereocenters. The summed E-state index contributed by atoms with van der Waals surface area (Å²) in [5.41, 5.74) is 4.02. The van der Waals surface area contributed by atoms with E-state index >= 15 is 0 Å². The van der Waals surface area contributed by atoms with Crippen LogP contribution in [0.1, 0.15) is 132 Å². The van der Waals surface area contributed by atoms with Crippen molar-refractivity contribution in [2.75, 3.05) is 55.7 Å². The van der Waals surface area contributed by atoms with Gasteiger partial charge in [0.25, 0.3) is 0 Å². The van der Waals surface area contributed by atoms with Crippen molar-refractivity contribution in [3.63, 3.8) is 0 Å². The fourth-order valence-corrected chi connectivity index (χ4v) is 12.6. The van der Waals surface area contributed by atoms with Crippen LogP contribution in [0.25, 0.3) is 21.8 Å². The normalized spacial score (nSPS) is 27.0. The number of esters is 4. The molecule has 2 unspecified atom stereocenters. The number of rotatable bonds is 11. The van der Waals surface area contributed by atoms with Crippen LogP contribution in [0.3, 0.4) is 0 Å². The highest BCUT2D eigenvalue weighted by molar-refractivity contribution is 5.99. The molecule has 6 heterocycles. The van der Waals surface area contributed by atoms with E-state index < -0.39 is 101 Å². The molecule has 2 aromatic carbocycles. The molecule has 27 heteroatoms. The third-order valence-corrected chi connectivity index (χ3v) is 17.6. The molecule has 0 bridgehead atoms. The number of allylic oxidation sites excluding steroid dienone is 2. The van der Waals surface area contributed by atoms with Crippen LogP contribution >= 0.6 is 12.4 Å². The molecule has 2 saturated carbocycles. The maximum absolute atomic E-state index is 14.4. The second-order valence-corrected chi connectivity index (χ2v) is 25.2. The number of aromatic nitrogens is 2. The number of fused-ring (bicyclic) bond motifs is 6. The van der Waals surface area contributed by atoms with E-state index in [0.29, 0.717) is 76.9 Å². The summed E-state index contributed by atoms with van der Waals surface area (Å²) >= 11 is 0. The Balaban J connectivity index is 0.000000241. The maximum Gasteiger partial charge on any atom is 0.408 e. The molecule has 5 amide bonds. The first kappa shape index (κ1) is 71.1. The Labute approximate surface area is 551 Å². The summed E-state index contributed by atoms with van der Waals surface area (Å²) in [6, 6.07) is 9.51. The molecular weight excluding hydrogens is 1240 g/mol. The third-order valence-electron chi connectivity index (χ3n) is 17.6. The number of pyridine rings is 2. The smallest absolute Gasteiger partial charge is 0.408 e. The highest BCUT2D eigenvalue weighted by atomic mass is 35.5. The van der Waals surface area contributed by atoms with Gasteiger partial charge in [0.2, 0.25) is 23.6 Å². The van der Waals surface area contributed by atoms with Gasteiger partial charge in [0.05, 0.1) is 72.8 Å². The van der Waals surface area contributed by atoms with Gasteiger partial charge in [-0.2, -0.15) is 0 Å². The topological polar surface area (TPSA) is 331 Å². The molecule has 508 valence electrons. The van der Waals surface area contributed by atoms with Gasteiger partial charge < -0.3 is 74.1 Å². The zero-order chi connectivity index (χ0) is 66.9. The molecule has 94 heavy (non-hydrogen) atoms. The summed E-state index contributed by atoms with van der Waals surface area (Å²) in [5, 5.41) is 9.75. The van der Waals surface area contributed by atoms with E-state index in [2.05, 4.69) is 25.9 Å². The van der Waals surface area contributed by atoms with Crippen LogP contribution in [0.2, 0.25) is 0 Å². The Morgan fingerprint density at radius 3 is 1.47 bits per heavy atom. The predicted molar refractivity (Wildman–Crippen MR) is 343 cm³/mol. The van der Waals surface area contributed by atoms with Crippen LogP contribution in [-0.2, 0) is 52.5 Å². The number of hydrogen-bond acceptors (Lipinski definition) is 21. The van der Waals surface area contributed by atoms with E-state index in [1.165, 1.54) is 64.6 Å². The van der Waals surface area contributed by atoms with Gasteiger partial charge in [-0.3, -0.25) is 19.2 Å². The third kappa shape index (κ3) is 16.2. The summed E-state index contributed by atoms with van der Waals surface area (Å²) in [5.74, 6) is -2.98. The van der Waals surface area contributed by atoms with Gasteiger partial charge >= 0.3 is 30.0 Å². The quantitative estimate of drug-likeness (QED) is 0.0704. The van der Waals surface area contributed by atoms with Crippen LogP contribution in [0.4, 0.5) is 4.79 Å². The second kappa shape index (κ2) is 30.5. The lowest BCUT2D eigenvalue weighted by atomic mass is 10.0. The number of halogens is 1. The molecule has 4 aromatic rings. The fraction of sp³-hybridized carbons (Fsp3) is 0.537. The minimum atomic E-state index is -1.25. The van der Waals surface area contributed by atoms with E-state index in [-0.39, 0.29) is 67.5 Å². The summed E-state index contributed by atoms with van der Waals surface area (Å²) in [7, 11) is 8.12. The number of ether oxygens (including phenoxy) is 9. The number of carbonyl (C=O) groups excluding carboxylic acids is 9. The van der Waals surface area contributed by atoms with Crippen molar-refractivity contribution in [2.45, 2.75) is 164 Å². The molecule has 2 aromatic heterocycles. The highest BCUT2D eigenvalue weighted by Gasteiger charge is 2.63. The average Bonchev–Trinajstić information content (AvgIpc) is 1.58. The second-order valence-electron chi connectivity index (χ2n) is 25.2. The van der Waals surface area contributed by atoms with E-state index in [1.807, 2.05) is 24.3 Å². The van der Waals surface area contributed by atoms with Gasteiger partial charge in [-0.25, -0.2) is 33.9 Å². The van der Waals surface area contributed by atoms with Gasteiger partial charge in [0.15, 0.2) is 11.4 Å². The molecule has 6 aliphatic rings. The first-order valence-electron chi connectivity index (χ1n) is 31.5. The Hall–Kier alpha value is -8.78. The molecule has 0 spiro atoms. The Bertz CT molecular complexity index is 3580. The molecule has 2 aliphatic carbocycles. The largest absolute Gasteiger partial charge is 0.497 e. The van der Waals surface area contributed by atoms with Crippen molar-refractivity contribution >= 4 is 87.8 Å². The fourth-order valence-electron chi connectivity index (χ4n) is 12.6. The zero-order valence-electron chi connectivity index (χ0n) is 54.5. The Morgan fingerprint density at radius 1 is 0.596 bits per heavy atom. The minimum absolute atomic E-state index is 0. The monoisotopic (exact) mass is 1320 g/mol. The van der Waals surface area contributed by atoms with Crippen molar-refractivity contribution in [1.82, 2.24) is 35.7 Å². The summed E-state index contributed by atoms with van der Waals surface area (Å²) in [6.07, 6.45) is 14.2. The molecule has 26 nitrogen and oxygen atoms in total. The molecule has 0 radical (unpaired) electrons. The van der Waals surface area contributed by atoms with Crippen molar-refractivity contribution in [2.24, 2.45) is 17.6 Å². The molecule has 10 rings (SSSR count). The standard InChI is InChI=1S/C36H46N4O10.C31H38N4O8.ClH/c1-35(2,3)50-34(45)38-25-13-11-9-7-8-10-12-21-19-36(21,33(44)48-6)39-30(41)28-17-23(20-40(28)31(25)42)49-29-18-27(32(43)47-5)37-26-16-22(46-4)14-15-24(26)29;1-40-19-11-12-21-23(13-19)33-24(29(38)41-2)15-26(21)43-20-14-25-27(36)34-31(30(39)42-3)16-18(31)9-7-5-4-6-8-10-22(32)28(37)35(25)17-20;/h10,12,14-16,18,21,23,25,28H,7-9,11,13,17,19-20H2,1-6H3,(H,38,45)(H,39,41);7,9,11-13,15,18,20,22,25H,4-6,8,10,14,16-17,32H2,1-3H3,(H,34,36);1H/b12-10-;9-7-;/t21?,23-,25+,28+,36-;18?,20-,22+,25+,31-;/m11./s1. The molecule has 5 N–H and O–H groups in total. The van der Waals surface area contributed by atoms with Gasteiger partial charge in [-0.05, 0) is 96.4 Å². The summed E-state index contributed by atoms with van der Waals surface area (Å²) in [6.45, 7) is 5.26. The zero-order valence-corrected chi connectivity index (χ0v) is 55.3. The number of nitrogens with two attached hydrogens (primary N) is 1. The van der Waals surface area contributed by atoms with Crippen LogP contribution in [0.5, 0.6) is 23.0 Å². The Morgan fingerprint density at radius 2 is 1.04 bits per heavy atom. The molecule has 4 aliphatic heterocycles. The SMILES string of the molecule is COC(=O)c1cc(O[C@@H]2C[C@H]3C(=O)N[C@]4(C(=O)OC)CC4/C=C\CCCCC[C@H](N)C(=O)N3C2)c2ccc(OC)cc2n1.COC(=O)c1cc(O[C@@H]2C[C@H]3C(=O)N[C@]4(C(=O)OC)CC4/C=C\CCCCC[C@H](NC(=O)OC(C)(C)C)C(=O)N3C2)c2ccc(OC)cc2n1.Cl. The number of benzene rings is 2. The van der Waals surface area contributed by atoms with Crippen LogP contribution < -0.4 is 40.6 Å². The lowest BCUT2D eigenvalue weighted by Crippen LogP contribution is -2.56. The van der Waals surface area contributed by atoms with E-state index in [0.717, 1.165) is 44.9 Å².